The standard InChI is InChI=1S/C13H18BrNO3/c1-16-10-7-8(9-5-4-6-15-9)12(17-2)11(14)13(10)18-3/h7,9,15H,4-6H2,1-3H3. The van der Waals surface area contributed by atoms with E-state index in [-0.39, 0.29) is 0 Å². The van der Waals surface area contributed by atoms with Gasteiger partial charge in [0.2, 0.25) is 0 Å². The number of hydrogen-bond donors (Lipinski definition) is 1. The van der Waals surface area contributed by atoms with Crippen LogP contribution in [0.25, 0.3) is 0 Å². The van der Waals surface area contributed by atoms with Crippen LogP contribution >= 0.6 is 15.9 Å². The van der Waals surface area contributed by atoms with E-state index in [0.717, 1.165) is 28.8 Å². The topological polar surface area (TPSA) is 39.7 Å². The van der Waals surface area contributed by atoms with Gasteiger partial charge in [-0.2, -0.15) is 0 Å². The van der Waals surface area contributed by atoms with Crippen molar-refractivity contribution in [2.45, 2.75) is 18.9 Å². The molecule has 1 atom stereocenters. The molecule has 0 aliphatic carbocycles. The van der Waals surface area contributed by atoms with Gasteiger partial charge < -0.3 is 19.5 Å². The van der Waals surface area contributed by atoms with Crippen LogP contribution in [0.5, 0.6) is 17.2 Å². The summed E-state index contributed by atoms with van der Waals surface area (Å²) in [5.74, 6) is 2.19. The molecule has 5 heteroatoms. The van der Waals surface area contributed by atoms with E-state index in [1.807, 2.05) is 6.07 Å². The Balaban J connectivity index is 2.53. The van der Waals surface area contributed by atoms with Crippen molar-refractivity contribution in [3.63, 3.8) is 0 Å². The van der Waals surface area contributed by atoms with Gasteiger partial charge in [-0.05, 0) is 41.4 Å². The van der Waals surface area contributed by atoms with Crippen LogP contribution in [0.2, 0.25) is 0 Å². The minimum Gasteiger partial charge on any atom is -0.495 e. The normalized spacial score (nSPS) is 18.8. The molecule has 4 nitrogen and oxygen atoms in total. The summed E-state index contributed by atoms with van der Waals surface area (Å²) < 4.78 is 17.0. The van der Waals surface area contributed by atoms with Gasteiger partial charge in [-0.15, -0.1) is 0 Å². The Hall–Kier alpha value is -0.940. The van der Waals surface area contributed by atoms with Gasteiger partial charge in [0.25, 0.3) is 0 Å². The van der Waals surface area contributed by atoms with Gasteiger partial charge in [0.1, 0.15) is 10.2 Å². The molecule has 0 saturated carbocycles. The Morgan fingerprint density at radius 3 is 2.39 bits per heavy atom. The Morgan fingerprint density at radius 2 is 1.89 bits per heavy atom. The van der Waals surface area contributed by atoms with Gasteiger partial charge in [-0.25, -0.2) is 0 Å². The van der Waals surface area contributed by atoms with Crippen LogP contribution in [-0.2, 0) is 0 Å². The number of ether oxygens (including phenoxy) is 3. The first-order valence-electron chi connectivity index (χ1n) is 5.94. The molecule has 0 amide bonds. The van der Waals surface area contributed by atoms with E-state index >= 15 is 0 Å². The van der Waals surface area contributed by atoms with Crippen molar-refractivity contribution in [3.05, 3.63) is 16.1 Å². The van der Waals surface area contributed by atoms with Gasteiger partial charge in [0.05, 0.1) is 21.3 Å². The fourth-order valence-corrected chi connectivity index (χ4v) is 3.12. The van der Waals surface area contributed by atoms with Crippen LogP contribution in [0.3, 0.4) is 0 Å². The molecule has 1 saturated heterocycles. The third-order valence-electron chi connectivity index (χ3n) is 3.24. The van der Waals surface area contributed by atoms with E-state index in [9.17, 15) is 0 Å². The van der Waals surface area contributed by atoms with Crippen LogP contribution in [0.4, 0.5) is 0 Å². The van der Waals surface area contributed by atoms with Crippen molar-refractivity contribution in [3.8, 4) is 17.2 Å². The average Bonchev–Trinajstić information content (AvgIpc) is 2.91. The molecule has 0 bridgehead atoms. The van der Waals surface area contributed by atoms with Crippen LogP contribution in [0.15, 0.2) is 10.5 Å². The van der Waals surface area contributed by atoms with Crippen molar-refractivity contribution >= 4 is 15.9 Å². The number of halogens is 1. The molecule has 1 heterocycles. The molecule has 1 aromatic rings. The molecule has 0 spiro atoms. The maximum Gasteiger partial charge on any atom is 0.178 e. The van der Waals surface area contributed by atoms with Crippen molar-refractivity contribution in [2.75, 3.05) is 27.9 Å². The molecule has 0 radical (unpaired) electrons. The third-order valence-corrected chi connectivity index (χ3v) is 3.96. The summed E-state index contributed by atoms with van der Waals surface area (Å²) in [6.45, 7) is 1.04. The number of rotatable bonds is 4. The summed E-state index contributed by atoms with van der Waals surface area (Å²) in [4.78, 5) is 0. The number of nitrogens with one attached hydrogen (secondary N) is 1. The van der Waals surface area contributed by atoms with Gasteiger partial charge in [0.15, 0.2) is 11.5 Å². The summed E-state index contributed by atoms with van der Waals surface area (Å²) in [6.07, 6.45) is 2.29. The van der Waals surface area contributed by atoms with E-state index in [1.165, 1.54) is 6.42 Å². The van der Waals surface area contributed by atoms with Crippen LogP contribution in [0, 0.1) is 0 Å². The predicted octanol–water partition coefficient (Wildman–Crippen LogP) is 2.90. The summed E-state index contributed by atoms with van der Waals surface area (Å²) in [7, 11) is 4.93. The summed E-state index contributed by atoms with van der Waals surface area (Å²) in [5.41, 5.74) is 1.11. The molecule has 100 valence electrons. The van der Waals surface area contributed by atoms with Crippen molar-refractivity contribution in [1.29, 1.82) is 0 Å². The third kappa shape index (κ3) is 2.29. The molecule has 0 aromatic heterocycles. The Labute approximate surface area is 116 Å². The highest BCUT2D eigenvalue weighted by atomic mass is 79.9. The predicted molar refractivity (Wildman–Crippen MR) is 73.8 cm³/mol. The lowest BCUT2D eigenvalue weighted by Crippen LogP contribution is -2.14. The largest absolute Gasteiger partial charge is 0.495 e. The zero-order valence-corrected chi connectivity index (χ0v) is 12.5. The first-order valence-corrected chi connectivity index (χ1v) is 6.74. The average molecular weight is 316 g/mol. The second-order valence-corrected chi connectivity index (χ2v) is 4.99. The smallest absolute Gasteiger partial charge is 0.178 e. The second kappa shape index (κ2) is 5.80. The van der Waals surface area contributed by atoms with E-state index < -0.39 is 0 Å². The summed E-state index contributed by atoms with van der Waals surface area (Å²) in [6, 6.07) is 2.31. The molecular formula is C13H18BrNO3. The monoisotopic (exact) mass is 315 g/mol. The maximum absolute atomic E-state index is 5.51. The van der Waals surface area contributed by atoms with E-state index in [4.69, 9.17) is 14.2 Å². The molecule has 1 aliphatic heterocycles. The van der Waals surface area contributed by atoms with E-state index in [0.29, 0.717) is 17.5 Å². The van der Waals surface area contributed by atoms with Gasteiger partial charge >= 0.3 is 0 Å². The Kier molecular flexibility index (Phi) is 4.35. The Morgan fingerprint density at radius 1 is 1.17 bits per heavy atom. The minimum absolute atomic E-state index is 0.316. The first kappa shape index (κ1) is 13.5. The lowest BCUT2D eigenvalue weighted by molar-refractivity contribution is 0.342. The molecule has 1 aliphatic rings. The summed E-state index contributed by atoms with van der Waals surface area (Å²) >= 11 is 3.53. The maximum atomic E-state index is 5.51. The molecule has 1 unspecified atom stereocenters. The lowest BCUT2D eigenvalue weighted by atomic mass is 10.0. The lowest BCUT2D eigenvalue weighted by Gasteiger charge is -2.20. The van der Waals surface area contributed by atoms with E-state index in [1.54, 1.807) is 21.3 Å². The van der Waals surface area contributed by atoms with Crippen LogP contribution in [0.1, 0.15) is 24.4 Å². The highest BCUT2D eigenvalue weighted by molar-refractivity contribution is 9.10. The molecule has 1 N–H and O–H groups in total. The minimum atomic E-state index is 0.316. The van der Waals surface area contributed by atoms with E-state index in [2.05, 4.69) is 21.2 Å². The molecule has 2 rings (SSSR count). The van der Waals surface area contributed by atoms with Crippen molar-refractivity contribution in [2.24, 2.45) is 0 Å². The highest BCUT2D eigenvalue weighted by Crippen LogP contribution is 2.47. The fourth-order valence-electron chi connectivity index (χ4n) is 2.37. The summed E-state index contributed by atoms with van der Waals surface area (Å²) in [5, 5.41) is 3.47. The zero-order chi connectivity index (χ0) is 13.1. The quantitative estimate of drug-likeness (QED) is 0.927. The second-order valence-electron chi connectivity index (χ2n) is 4.20. The van der Waals surface area contributed by atoms with Crippen LogP contribution < -0.4 is 19.5 Å². The SMILES string of the molecule is COc1cc(C2CCCN2)c(OC)c(Br)c1OC. The molecular weight excluding hydrogens is 298 g/mol. The van der Waals surface area contributed by atoms with Gasteiger partial charge in [-0.1, -0.05) is 0 Å². The van der Waals surface area contributed by atoms with Crippen LogP contribution in [-0.4, -0.2) is 27.9 Å². The first-order chi connectivity index (χ1) is 8.72. The van der Waals surface area contributed by atoms with Crippen molar-refractivity contribution < 1.29 is 14.2 Å². The number of methoxy groups -OCH3 is 3. The number of benzene rings is 1. The number of hydrogen-bond acceptors (Lipinski definition) is 4. The molecule has 1 aromatic carbocycles. The fraction of sp³-hybridized carbons (Fsp3) is 0.538. The van der Waals surface area contributed by atoms with Crippen molar-refractivity contribution in [1.82, 2.24) is 5.32 Å². The Bertz CT molecular complexity index is 431. The highest BCUT2D eigenvalue weighted by Gasteiger charge is 2.25. The van der Waals surface area contributed by atoms with Gasteiger partial charge in [0, 0.05) is 11.6 Å². The zero-order valence-electron chi connectivity index (χ0n) is 10.9. The van der Waals surface area contributed by atoms with Gasteiger partial charge in [-0.3, -0.25) is 0 Å². The molecule has 1 fully saturated rings. The molecule has 18 heavy (non-hydrogen) atoms.